The Morgan fingerprint density at radius 2 is 2.16 bits per heavy atom. The second-order valence-electron chi connectivity index (χ2n) is 5.65. The minimum atomic E-state index is -0.195. The predicted molar refractivity (Wildman–Crippen MR) is 92.7 cm³/mol. The van der Waals surface area contributed by atoms with Gasteiger partial charge in [0, 0.05) is 41.4 Å². The minimum Gasteiger partial charge on any atom is -0.454 e. The highest BCUT2D eigenvalue weighted by atomic mass is 32.1. The molecule has 1 amide bonds. The van der Waals surface area contributed by atoms with Gasteiger partial charge in [-0.15, -0.1) is 11.3 Å². The van der Waals surface area contributed by atoms with Crippen LogP contribution in [-0.4, -0.2) is 28.6 Å². The number of amides is 1. The van der Waals surface area contributed by atoms with Crippen LogP contribution < -0.4 is 20.3 Å². The monoisotopic (exact) mass is 357 g/mol. The van der Waals surface area contributed by atoms with Crippen LogP contribution in [0.25, 0.3) is 4.96 Å². The number of aryl methyl sites for hydroxylation is 1. The van der Waals surface area contributed by atoms with Gasteiger partial charge in [-0.2, -0.15) is 0 Å². The van der Waals surface area contributed by atoms with Gasteiger partial charge in [-0.05, 0) is 25.1 Å². The van der Waals surface area contributed by atoms with Crippen molar-refractivity contribution in [3.05, 3.63) is 57.0 Å². The Balaban J connectivity index is 1.44. The second-order valence-corrected chi connectivity index (χ2v) is 6.49. The summed E-state index contributed by atoms with van der Waals surface area (Å²) >= 11 is 1.42. The molecule has 4 rings (SSSR count). The van der Waals surface area contributed by atoms with Crippen molar-refractivity contribution in [3.8, 4) is 11.5 Å². The first-order chi connectivity index (χ1) is 12.1. The average molecular weight is 357 g/mol. The third-order valence-corrected chi connectivity index (χ3v) is 4.78. The van der Waals surface area contributed by atoms with Crippen molar-refractivity contribution in [2.45, 2.75) is 13.3 Å². The van der Waals surface area contributed by atoms with E-state index in [9.17, 15) is 9.59 Å². The summed E-state index contributed by atoms with van der Waals surface area (Å²) in [6, 6.07) is 6.58. The zero-order valence-corrected chi connectivity index (χ0v) is 14.3. The molecule has 2 aromatic heterocycles. The van der Waals surface area contributed by atoms with Crippen molar-refractivity contribution in [2.24, 2.45) is 0 Å². The van der Waals surface area contributed by atoms with Crippen molar-refractivity contribution in [1.82, 2.24) is 14.7 Å². The number of nitrogens with zero attached hydrogens (tertiary/aromatic N) is 2. The number of ether oxygens (including phenoxy) is 2. The smallest absolute Gasteiger partial charge is 0.258 e. The van der Waals surface area contributed by atoms with Crippen LogP contribution in [0.3, 0.4) is 0 Å². The molecule has 25 heavy (non-hydrogen) atoms. The molecule has 1 aliphatic heterocycles. The lowest BCUT2D eigenvalue weighted by atomic mass is 10.2. The maximum atomic E-state index is 12.3. The lowest BCUT2D eigenvalue weighted by Gasteiger charge is -2.06. The third kappa shape index (κ3) is 2.96. The van der Waals surface area contributed by atoms with Crippen LogP contribution in [0.4, 0.5) is 0 Å². The van der Waals surface area contributed by atoms with Crippen molar-refractivity contribution in [2.75, 3.05) is 13.3 Å². The molecule has 1 aromatic carbocycles. The van der Waals surface area contributed by atoms with Gasteiger partial charge in [-0.3, -0.25) is 14.0 Å². The van der Waals surface area contributed by atoms with E-state index in [-0.39, 0.29) is 18.3 Å². The molecule has 1 N–H and O–H groups in total. The number of nitrogens with one attached hydrogen (secondary N) is 1. The van der Waals surface area contributed by atoms with Crippen LogP contribution in [0.1, 0.15) is 21.7 Å². The number of rotatable bonds is 4. The van der Waals surface area contributed by atoms with Crippen molar-refractivity contribution < 1.29 is 14.3 Å². The Labute approximate surface area is 146 Å². The van der Waals surface area contributed by atoms with Crippen molar-refractivity contribution in [1.29, 1.82) is 0 Å². The molecule has 8 heteroatoms. The van der Waals surface area contributed by atoms with Gasteiger partial charge in [0.05, 0.1) is 0 Å². The zero-order chi connectivity index (χ0) is 17.4. The van der Waals surface area contributed by atoms with Crippen molar-refractivity contribution in [3.63, 3.8) is 0 Å². The molecule has 0 unspecified atom stereocenters. The summed E-state index contributed by atoms with van der Waals surface area (Å²) in [5.41, 5.74) is 1.95. The molecule has 0 saturated heterocycles. The van der Waals surface area contributed by atoms with Gasteiger partial charge in [0.1, 0.15) is 0 Å². The maximum absolute atomic E-state index is 12.3. The van der Waals surface area contributed by atoms with Gasteiger partial charge >= 0.3 is 0 Å². The van der Waals surface area contributed by atoms with E-state index in [1.807, 2.05) is 5.38 Å². The highest BCUT2D eigenvalue weighted by Crippen LogP contribution is 2.32. The summed E-state index contributed by atoms with van der Waals surface area (Å²) in [5.74, 6) is 1.02. The number of benzene rings is 1. The molecule has 0 spiro atoms. The number of thiazole rings is 1. The molecule has 0 bridgehead atoms. The number of carbonyl (C=O) groups excluding carboxylic acids is 1. The van der Waals surface area contributed by atoms with Crippen LogP contribution >= 0.6 is 11.3 Å². The van der Waals surface area contributed by atoms with E-state index in [4.69, 9.17) is 9.47 Å². The number of hydrogen-bond donors (Lipinski definition) is 1. The topological polar surface area (TPSA) is 81.9 Å². The van der Waals surface area contributed by atoms with Gasteiger partial charge in [0.25, 0.3) is 11.5 Å². The van der Waals surface area contributed by atoms with Crippen LogP contribution in [0.2, 0.25) is 0 Å². The molecule has 3 aromatic rings. The van der Waals surface area contributed by atoms with E-state index in [1.54, 1.807) is 29.5 Å². The largest absolute Gasteiger partial charge is 0.454 e. The predicted octanol–water partition coefficient (Wildman–Crippen LogP) is 1.77. The van der Waals surface area contributed by atoms with E-state index in [0.29, 0.717) is 40.7 Å². The lowest BCUT2D eigenvalue weighted by Crippen LogP contribution is -2.26. The van der Waals surface area contributed by atoms with E-state index in [1.165, 1.54) is 17.4 Å². The van der Waals surface area contributed by atoms with Crippen molar-refractivity contribution >= 4 is 22.2 Å². The fourth-order valence-electron chi connectivity index (χ4n) is 2.70. The molecule has 1 aliphatic rings. The molecule has 0 atom stereocenters. The summed E-state index contributed by atoms with van der Waals surface area (Å²) in [4.78, 5) is 29.4. The summed E-state index contributed by atoms with van der Waals surface area (Å²) < 4.78 is 12.1. The van der Waals surface area contributed by atoms with E-state index < -0.39 is 0 Å². The fraction of sp³-hybridized carbons (Fsp3) is 0.235. The zero-order valence-electron chi connectivity index (χ0n) is 13.4. The highest BCUT2D eigenvalue weighted by Gasteiger charge is 2.16. The van der Waals surface area contributed by atoms with Gasteiger partial charge < -0.3 is 14.8 Å². The first-order valence-corrected chi connectivity index (χ1v) is 8.64. The Hall–Kier alpha value is -2.87. The molecule has 0 aliphatic carbocycles. The van der Waals surface area contributed by atoms with E-state index in [2.05, 4.69) is 10.3 Å². The SMILES string of the molecule is Cc1cc(=O)n2c(CCNC(=O)c3ccc4c(c3)OCO4)csc2n1. The molecular formula is C17H15N3O4S. The molecular weight excluding hydrogens is 342 g/mol. The standard InChI is InChI=1S/C17H15N3O4S/c1-10-6-15(21)20-12(8-25-17(20)19-10)4-5-18-16(22)11-2-3-13-14(7-11)24-9-23-13/h2-3,6-8H,4-5,9H2,1H3,(H,18,22). The average Bonchev–Trinajstić information content (AvgIpc) is 3.20. The quantitative estimate of drug-likeness (QED) is 0.769. The molecule has 0 fully saturated rings. The summed E-state index contributed by atoms with van der Waals surface area (Å²) in [7, 11) is 0. The normalized spacial score (nSPS) is 12.5. The lowest BCUT2D eigenvalue weighted by molar-refractivity contribution is 0.0953. The number of hydrogen-bond acceptors (Lipinski definition) is 6. The highest BCUT2D eigenvalue weighted by molar-refractivity contribution is 7.15. The molecule has 7 nitrogen and oxygen atoms in total. The Morgan fingerprint density at radius 1 is 1.32 bits per heavy atom. The summed E-state index contributed by atoms with van der Waals surface area (Å²) in [6.07, 6.45) is 0.543. The fourth-order valence-corrected chi connectivity index (χ4v) is 3.68. The third-order valence-electron chi connectivity index (χ3n) is 3.91. The number of carbonyl (C=O) groups is 1. The molecule has 0 saturated carbocycles. The molecule has 128 valence electrons. The molecule has 0 radical (unpaired) electrons. The minimum absolute atomic E-state index is 0.0964. The second kappa shape index (κ2) is 6.21. The van der Waals surface area contributed by atoms with E-state index in [0.717, 1.165) is 5.69 Å². The van der Waals surface area contributed by atoms with Gasteiger partial charge in [-0.1, -0.05) is 0 Å². The first-order valence-electron chi connectivity index (χ1n) is 7.76. The first kappa shape index (κ1) is 15.6. The maximum Gasteiger partial charge on any atom is 0.258 e. The summed E-state index contributed by atoms with van der Waals surface area (Å²) in [5, 5.41) is 4.76. The van der Waals surface area contributed by atoms with E-state index >= 15 is 0 Å². The van der Waals surface area contributed by atoms with Gasteiger partial charge in [0.2, 0.25) is 6.79 Å². The van der Waals surface area contributed by atoms with Crippen LogP contribution in [0, 0.1) is 6.92 Å². The Bertz CT molecular complexity index is 1020. The Morgan fingerprint density at radius 3 is 3.04 bits per heavy atom. The summed E-state index contributed by atoms with van der Waals surface area (Å²) in [6.45, 7) is 2.39. The molecule has 3 heterocycles. The van der Waals surface area contributed by atoms with Gasteiger partial charge in [-0.25, -0.2) is 4.98 Å². The van der Waals surface area contributed by atoms with Crippen LogP contribution in [-0.2, 0) is 6.42 Å². The van der Waals surface area contributed by atoms with Crippen LogP contribution in [0.15, 0.2) is 34.4 Å². The number of fused-ring (bicyclic) bond motifs is 2. The Kier molecular flexibility index (Phi) is 3.89. The van der Waals surface area contributed by atoms with Gasteiger partial charge in [0.15, 0.2) is 16.5 Å². The van der Waals surface area contributed by atoms with Crippen LogP contribution in [0.5, 0.6) is 11.5 Å². The number of aromatic nitrogens is 2.